The van der Waals surface area contributed by atoms with Crippen molar-refractivity contribution in [2.75, 3.05) is 13.2 Å². The average Bonchev–Trinajstić information content (AvgIpc) is 2.83. The summed E-state index contributed by atoms with van der Waals surface area (Å²) in [6.07, 6.45) is 1.64. The van der Waals surface area contributed by atoms with Crippen LogP contribution in [0.3, 0.4) is 0 Å². The largest absolute Gasteiger partial charge is 0.396 e. The molecule has 1 amide bonds. The highest BCUT2D eigenvalue weighted by atomic mass is 32.1. The molecule has 0 aliphatic heterocycles. The summed E-state index contributed by atoms with van der Waals surface area (Å²) in [7, 11) is 0. The Labute approximate surface area is 111 Å². The molecule has 0 saturated carbocycles. The van der Waals surface area contributed by atoms with E-state index in [0.29, 0.717) is 24.6 Å². The van der Waals surface area contributed by atoms with Crippen LogP contribution in [0.4, 0.5) is 0 Å². The van der Waals surface area contributed by atoms with E-state index in [4.69, 9.17) is 10.8 Å². The molecule has 0 saturated heterocycles. The van der Waals surface area contributed by atoms with Crippen LogP contribution >= 0.6 is 11.3 Å². The number of aromatic nitrogens is 1. The smallest absolute Gasteiger partial charge is 0.270 e. The second-order valence-electron chi connectivity index (χ2n) is 4.36. The molecule has 0 radical (unpaired) electrons. The number of hydrogen-bond donors (Lipinski definition) is 3. The maximum atomic E-state index is 11.8. The van der Waals surface area contributed by atoms with E-state index >= 15 is 0 Å². The molecule has 4 N–H and O–H groups in total. The summed E-state index contributed by atoms with van der Waals surface area (Å²) in [5, 5.41) is 14.2. The fourth-order valence-electron chi connectivity index (χ4n) is 1.56. The molecule has 0 aliphatic rings. The third kappa shape index (κ3) is 4.36. The van der Waals surface area contributed by atoms with Crippen molar-refractivity contribution < 1.29 is 9.90 Å². The Morgan fingerprint density at radius 3 is 2.89 bits per heavy atom. The number of hydrogen-bond acceptors (Lipinski definition) is 5. The summed E-state index contributed by atoms with van der Waals surface area (Å²) in [4.78, 5) is 16.0. The average molecular weight is 271 g/mol. The van der Waals surface area contributed by atoms with E-state index in [1.54, 1.807) is 5.38 Å². The first kappa shape index (κ1) is 15.1. The molecular weight excluding hydrogens is 250 g/mol. The van der Waals surface area contributed by atoms with Crippen molar-refractivity contribution in [1.29, 1.82) is 0 Å². The molecular formula is C12H21N3O2S. The molecule has 1 rings (SSSR count). The SMILES string of the molecule is CCC(CCO)CNC(=O)c1csc(C(C)N)n1. The lowest BCUT2D eigenvalue weighted by Crippen LogP contribution is -2.29. The first-order valence-electron chi connectivity index (χ1n) is 6.18. The molecule has 0 bridgehead atoms. The zero-order valence-electron chi connectivity index (χ0n) is 10.8. The molecule has 5 nitrogen and oxygen atoms in total. The van der Waals surface area contributed by atoms with Crippen LogP contribution in [-0.4, -0.2) is 29.1 Å². The van der Waals surface area contributed by atoms with Crippen LogP contribution in [-0.2, 0) is 0 Å². The van der Waals surface area contributed by atoms with Gasteiger partial charge in [0.1, 0.15) is 10.7 Å². The van der Waals surface area contributed by atoms with Crippen molar-refractivity contribution >= 4 is 17.2 Å². The van der Waals surface area contributed by atoms with Crippen LogP contribution in [0.1, 0.15) is 48.2 Å². The molecule has 1 heterocycles. The quantitative estimate of drug-likeness (QED) is 0.697. The predicted molar refractivity (Wildman–Crippen MR) is 72.5 cm³/mol. The van der Waals surface area contributed by atoms with Gasteiger partial charge in [-0.25, -0.2) is 4.98 Å². The summed E-state index contributed by atoms with van der Waals surface area (Å²) in [6, 6.07) is -0.144. The highest BCUT2D eigenvalue weighted by molar-refractivity contribution is 7.09. The molecule has 0 aliphatic carbocycles. The van der Waals surface area contributed by atoms with Gasteiger partial charge in [0.2, 0.25) is 0 Å². The number of thiazole rings is 1. The van der Waals surface area contributed by atoms with E-state index in [1.807, 2.05) is 13.8 Å². The Hall–Kier alpha value is -0.980. The second kappa shape index (κ2) is 7.45. The van der Waals surface area contributed by atoms with E-state index < -0.39 is 0 Å². The predicted octanol–water partition coefficient (Wildman–Crippen LogP) is 1.30. The van der Waals surface area contributed by atoms with Gasteiger partial charge in [-0.15, -0.1) is 11.3 Å². The van der Waals surface area contributed by atoms with Gasteiger partial charge in [0.25, 0.3) is 5.91 Å². The van der Waals surface area contributed by atoms with Crippen LogP contribution in [0.15, 0.2) is 5.38 Å². The first-order chi connectivity index (χ1) is 8.58. The van der Waals surface area contributed by atoms with Crippen LogP contribution in [0.25, 0.3) is 0 Å². The monoisotopic (exact) mass is 271 g/mol. The highest BCUT2D eigenvalue weighted by Crippen LogP contribution is 2.15. The number of carbonyl (C=O) groups excluding carboxylic acids is 1. The van der Waals surface area contributed by atoms with Crippen LogP contribution in [0.5, 0.6) is 0 Å². The second-order valence-corrected chi connectivity index (χ2v) is 5.25. The van der Waals surface area contributed by atoms with Crippen molar-refractivity contribution in [2.24, 2.45) is 11.7 Å². The third-order valence-electron chi connectivity index (χ3n) is 2.81. The normalized spacial score (nSPS) is 14.2. The minimum Gasteiger partial charge on any atom is -0.396 e. The highest BCUT2D eigenvalue weighted by Gasteiger charge is 2.14. The van der Waals surface area contributed by atoms with Gasteiger partial charge in [0, 0.05) is 18.5 Å². The molecule has 102 valence electrons. The first-order valence-corrected chi connectivity index (χ1v) is 7.06. The molecule has 18 heavy (non-hydrogen) atoms. The van der Waals surface area contributed by atoms with E-state index in [1.165, 1.54) is 11.3 Å². The lowest BCUT2D eigenvalue weighted by Gasteiger charge is -2.13. The molecule has 0 spiro atoms. The third-order valence-corrected chi connectivity index (χ3v) is 3.86. The van der Waals surface area contributed by atoms with Gasteiger partial charge in [-0.3, -0.25) is 4.79 Å². The summed E-state index contributed by atoms with van der Waals surface area (Å²) in [5.74, 6) is 0.139. The lowest BCUT2D eigenvalue weighted by atomic mass is 10.0. The summed E-state index contributed by atoms with van der Waals surface area (Å²) in [6.45, 7) is 4.61. The molecule has 0 fully saturated rings. The maximum absolute atomic E-state index is 11.8. The molecule has 0 aromatic carbocycles. The van der Waals surface area contributed by atoms with Crippen molar-refractivity contribution in [2.45, 2.75) is 32.7 Å². The van der Waals surface area contributed by atoms with Crippen molar-refractivity contribution in [3.05, 3.63) is 16.1 Å². The fraction of sp³-hybridized carbons (Fsp3) is 0.667. The summed E-state index contributed by atoms with van der Waals surface area (Å²) >= 11 is 1.40. The van der Waals surface area contributed by atoms with E-state index in [2.05, 4.69) is 10.3 Å². The Morgan fingerprint density at radius 1 is 1.67 bits per heavy atom. The minimum atomic E-state index is -0.172. The zero-order valence-corrected chi connectivity index (χ0v) is 11.7. The Morgan fingerprint density at radius 2 is 2.39 bits per heavy atom. The molecule has 2 unspecified atom stereocenters. The molecule has 1 aromatic heterocycles. The van der Waals surface area contributed by atoms with Gasteiger partial charge < -0.3 is 16.2 Å². The maximum Gasteiger partial charge on any atom is 0.270 e. The van der Waals surface area contributed by atoms with Crippen molar-refractivity contribution in [1.82, 2.24) is 10.3 Å². The number of amides is 1. The van der Waals surface area contributed by atoms with Crippen LogP contribution in [0.2, 0.25) is 0 Å². The topological polar surface area (TPSA) is 88.2 Å². The minimum absolute atomic E-state index is 0.144. The van der Waals surface area contributed by atoms with Gasteiger partial charge in [-0.05, 0) is 19.3 Å². The molecule has 6 heteroatoms. The van der Waals surface area contributed by atoms with Crippen LogP contribution < -0.4 is 11.1 Å². The number of nitrogens with zero attached hydrogens (tertiary/aromatic N) is 1. The number of carbonyl (C=O) groups is 1. The molecule has 1 aromatic rings. The standard InChI is InChI=1S/C12H21N3O2S/c1-3-9(4-5-16)6-14-11(17)10-7-18-12(15-10)8(2)13/h7-9,16H,3-6,13H2,1-2H3,(H,14,17). The number of nitrogens with one attached hydrogen (secondary N) is 1. The number of nitrogens with two attached hydrogens (primary N) is 1. The van der Waals surface area contributed by atoms with E-state index in [-0.39, 0.29) is 18.6 Å². The summed E-state index contributed by atoms with van der Waals surface area (Å²) < 4.78 is 0. The van der Waals surface area contributed by atoms with Crippen molar-refractivity contribution in [3.8, 4) is 0 Å². The number of aliphatic hydroxyl groups is 1. The van der Waals surface area contributed by atoms with Gasteiger partial charge in [0.05, 0.1) is 6.04 Å². The van der Waals surface area contributed by atoms with Gasteiger partial charge in [-0.2, -0.15) is 0 Å². The van der Waals surface area contributed by atoms with E-state index in [0.717, 1.165) is 11.4 Å². The van der Waals surface area contributed by atoms with Crippen LogP contribution in [0, 0.1) is 5.92 Å². The Balaban J connectivity index is 2.49. The number of rotatable bonds is 7. The van der Waals surface area contributed by atoms with Gasteiger partial charge in [0.15, 0.2) is 0 Å². The van der Waals surface area contributed by atoms with Gasteiger partial charge >= 0.3 is 0 Å². The van der Waals surface area contributed by atoms with Crippen molar-refractivity contribution in [3.63, 3.8) is 0 Å². The Bertz CT molecular complexity index is 379. The number of aliphatic hydroxyl groups excluding tert-OH is 1. The Kier molecular flexibility index (Phi) is 6.24. The summed E-state index contributed by atoms with van der Waals surface area (Å²) in [5.41, 5.74) is 6.12. The fourth-order valence-corrected chi connectivity index (χ4v) is 2.32. The molecule has 2 atom stereocenters. The zero-order chi connectivity index (χ0) is 13.5. The lowest BCUT2D eigenvalue weighted by molar-refractivity contribution is 0.0939. The van der Waals surface area contributed by atoms with E-state index in [9.17, 15) is 4.79 Å². The van der Waals surface area contributed by atoms with Gasteiger partial charge in [-0.1, -0.05) is 13.3 Å².